The van der Waals surface area contributed by atoms with Gasteiger partial charge in [0.15, 0.2) is 17.3 Å². The summed E-state index contributed by atoms with van der Waals surface area (Å²) in [6.45, 7) is 16.5. The molecule has 0 aliphatic heterocycles. The summed E-state index contributed by atoms with van der Waals surface area (Å²) >= 11 is 0. The van der Waals surface area contributed by atoms with E-state index in [0.717, 1.165) is 40.2 Å². The highest BCUT2D eigenvalue weighted by Gasteiger charge is 2.19. The average Bonchev–Trinajstić information content (AvgIpc) is 3.54. The van der Waals surface area contributed by atoms with Crippen molar-refractivity contribution in [1.29, 1.82) is 0 Å². The third-order valence-electron chi connectivity index (χ3n) is 6.42. The van der Waals surface area contributed by atoms with Gasteiger partial charge in [-0.15, -0.1) is 0 Å². The maximum absolute atomic E-state index is 15.3. The number of pyridine rings is 2. The summed E-state index contributed by atoms with van der Waals surface area (Å²) in [5.41, 5.74) is 7.03. The first kappa shape index (κ1) is 26.7. The molecule has 8 heteroatoms. The van der Waals surface area contributed by atoms with Gasteiger partial charge in [-0.25, -0.2) is 14.4 Å². The third-order valence-corrected chi connectivity index (χ3v) is 6.42. The van der Waals surface area contributed by atoms with Gasteiger partial charge in [0, 0.05) is 34.7 Å². The van der Waals surface area contributed by atoms with Gasteiger partial charge in [-0.2, -0.15) is 5.10 Å². The fourth-order valence-corrected chi connectivity index (χ4v) is 4.72. The Morgan fingerprint density at radius 1 is 1.12 bits per heavy atom. The number of aromatic amines is 2. The molecule has 0 unspecified atom stereocenters. The summed E-state index contributed by atoms with van der Waals surface area (Å²) in [6, 6.07) is 11.0. The first-order valence-corrected chi connectivity index (χ1v) is 13.1. The molecule has 202 valence electrons. The van der Waals surface area contributed by atoms with Gasteiger partial charge in [0.05, 0.1) is 11.2 Å². The molecule has 40 heavy (non-hydrogen) atoms. The van der Waals surface area contributed by atoms with Crippen molar-refractivity contribution in [3.63, 3.8) is 0 Å². The van der Waals surface area contributed by atoms with Gasteiger partial charge in [-0.05, 0) is 72.4 Å². The van der Waals surface area contributed by atoms with Crippen LogP contribution in [0.5, 0.6) is 0 Å². The SMILES string of the molecule is C=C/C(=C\C(=C/C)c1cc(F)c2n[nH]c(-c3nc4nccc(-c5ccccn5)c4[nH]3)c2c1)NC(=C)CC(C)(C)C. The number of allylic oxidation sites excluding steroid dienone is 5. The molecule has 0 saturated heterocycles. The Bertz CT molecular complexity index is 1780. The number of H-pyrrole nitrogens is 2. The number of imidazole rings is 1. The Hall–Kier alpha value is -4.85. The summed E-state index contributed by atoms with van der Waals surface area (Å²) in [5.74, 6) is 0.0749. The highest BCUT2D eigenvalue weighted by molar-refractivity contribution is 5.97. The van der Waals surface area contributed by atoms with E-state index in [9.17, 15) is 0 Å². The van der Waals surface area contributed by atoms with Gasteiger partial charge < -0.3 is 10.3 Å². The fraction of sp³-hybridized carbons (Fsp3) is 0.188. The van der Waals surface area contributed by atoms with Crippen LogP contribution in [0, 0.1) is 11.2 Å². The maximum Gasteiger partial charge on any atom is 0.178 e. The van der Waals surface area contributed by atoms with Crippen molar-refractivity contribution in [2.45, 2.75) is 34.1 Å². The number of benzene rings is 1. The van der Waals surface area contributed by atoms with Crippen molar-refractivity contribution in [3.05, 3.63) is 103 Å². The summed E-state index contributed by atoms with van der Waals surface area (Å²) in [7, 11) is 0. The van der Waals surface area contributed by atoms with Crippen LogP contribution in [0.25, 0.3) is 50.4 Å². The Balaban J connectivity index is 1.55. The standard InChI is InChI=1S/C32H32FN7/c1-7-20(15-22(8-2)36-19(3)18-32(4,5)6)21-16-24-27(25(33)17-21)39-40-29(24)31-37-28-23(12-14-35-30(28)38-31)26-11-9-10-13-34-26/h7-17,36H,2-3,18H2,1,4-6H3,(H,39,40)(H,35,37,38)/b20-7+,22-15+. The lowest BCUT2D eigenvalue weighted by molar-refractivity contribution is 0.403. The van der Waals surface area contributed by atoms with E-state index >= 15 is 4.39 Å². The molecule has 5 rings (SSSR count). The lowest BCUT2D eigenvalue weighted by Gasteiger charge is -2.21. The van der Waals surface area contributed by atoms with Crippen LogP contribution in [0.4, 0.5) is 4.39 Å². The largest absolute Gasteiger partial charge is 0.359 e. The predicted molar refractivity (Wildman–Crippen MR) is 160 cm³/mol. The Morgan fingerprint density at radius 3 is 2.65 bits per heavy atom. The molecule has 4 aromatic heterocycles. The molecule has 0 saturated carbocycles. The Labute approximate surface area is 232 Å². The average molecular weight is 534 g/mol. The van der Waals surface area contributed by atoms with E-state index in [1.807, 2.05) is 49.4 Å². The molecule has 3 N–H and O–H groups in total. The number of nitrogens with zero attached hydrogens (tertiary/aromatic N) is 4. The van der Waals surface area contributed by atoms with Crippen molar-refractivity contribution < 1.29 is 4.39 Å². The highest BCUT2D eigenvalue weighted by Crippen LogP contribution is 2.33. The lowest BCUT2D eigenvalue weighted by Crippen LogP contribution is -2.16. The smallest absolute Gasteiger partial charge is 0.178 e. The summed E-state index contributed by atoms with van der Waals surface area (Å²) < 4.78 is 15.3. The van der Waals surface area contributed by atoms with Gasteiger partial charge >= 0.3 is 0 Å². The number of hydrogen-bond acceptors (Lipinski definition) is 5. The van der Waals surface area contributed by atoms with Crippen LogP contribution in [0.3, 0.4) is 0 Å². The predicted octanol–water partition coefficient (Wildman–Crippen LogP) is 7.72. The zero-order valence-electron chi connectivity index (χ0n) is 23.1. The van der Waals surface area contributed by atoms with Crippen LogP contribution in [0.15, 0.2) is 91.6 Å². The number of halogens is 1. The third kappa shape index (κ3) is 5.47. The topological polar surface area (TPSA) is 95.2 Å². The normalized spacial score (nSPS) is 12.7. The van der Waals surface area contributed by atoms with Crippen molar-refractivity contribution in [2.75, 3.05) is 0 Å². The van der Waals surface area contributed by atoms with Gasteiger partial charge in [0.1, 0.15) is 11.2 Å². The van der Waals surface area contributed by atoms with Gasteiger partial charge in [-0.1, -0.05) is 46.1 Å². The number of fused-ring (bicyclic) bond motifs is 2. The van der Waals surface area contributed by atoms with Crippen molar-refractivity contribution in [2.24, 2.45) is 5.41 Å². The van der Waals surface area contributed by atoms with E-state index in [-0.39, 0.29) is 10.9 Å². The highest BCUT2D eigenvalue weighted by atomic mass is 19.1. The van der Waals surface area contributed by atoms with Crippen LogP contribution in [0.2, 0.25) is 0 Å². The minimum absolute atomic E-state index is 0.0934. The molecule has 1 aromatic carbocycles. The summed E-state index contributed by atoms with van der Waals surface area (Å²) in [6.07, 6.45) is 9.85. The second-order valence-electron chi connectivity index (χ2n) is 10.8. The number of nitrogens with one attached hydrogen (secondary N) is 3. The second-order valence-corrected chi connectivity index (χ2v) is 10.8. The molecule has 0 fully saturated rings. The van der Waals surface area contributed by atoms with E-state index in [2.05, 4.69) is 64.4 Å². The molecule has 0 aliphatic rings. The minimum Gasteiger partial charge on any atom is -0.359 e. The van der Waals surface area contributed by atoms with Crippen LogP contribution in [-0.2, 0) is 0 Å². The van der Waals surface area contributed by atoms with E-state index in [1.54, 1.807) is 18.5 Å². The maximum atomic E-state index is 15.3. The molecular formula is C32H32FN7. The quantitative estimate of drug-likeness (QED) is 0.178. The number of aromatic nitrogens is 6. The van der Waals surface area contributed by atoms with Gasteiger partial charge in [0.2, 0.25) is 0 Å². The first-order chi connectivity index (χ1) is 19.2. The van der Waals surface area contributed by atoms with E-state index in [4.69, 9.17) is 4.98 Å². The van der Waals surface area contributed by atoms with Crippen LogP contribution in [-0.4, -0.2) is 30.1 Å². The first-order valence-electron chi connectivity index (χ1n) is 13.1. The molecule has 4 heterocycles. The Morgan fingerprint density at radius 2 is 1.95 bits per heavy atom. The van der Waals surface area contributed by atoms with Crippen molar-refractivity contribution >= 4 is 27.6 Å². The minimum atomic E-state index is -0.434. The Kier molecular flexibility index (Phi) is 7.17. The molecule has 0 aliphatic carbocycles. The molecule has 5 aromatic rings. The molecule has 0 spiro atoms. The van der Waals surface area contributed by atoms with Crippen LogP contribution in [0.1, 0.15) is 39.7 Å². The molecule has 0 amide bonds. The molecular weight excluding hydrogens is 501 g/mol. The van der Waals surface area contributed by atoms with Crippen molar-refractivity contribution in [3.8, 4) is 22.8 Å². The summed E-state index contributed by atoms with van der Waals surface area (Å²) in [4.78, 5) is 16.9. The van der Waals surface area contributed by atoms with Gasteiger partial charge in [-0.3, -0.25) is 10.1 Å². The van der Waals surface area contributed by atoms with E-state index < -0.39 is 5.82 Å². The number of rotatable bonds is 8. The fourth-order valence-electron chi connectivity index (χ4n) is 4.72. The monoisotopic (exact) mass is 533 g/mol. The van der Waals surface area contributed by atoms with Crippen LogP contribution < -0.4 is 5.32 Å². The molecule has 7 nitrogen and oxygen atoms in total. The van der Waals surface area contributed by atoms with E-state index in [0.29, 0.717) is 28.1 Å². The van der Waals surface area contributed by atoms with Crippen LogP contribution >= 0.6 is 0 Å². The summed E-state index contributed by atoms with van der Waals surface area (Å²) in [5, 5.41) is 11.2. The lowest BCUT2D eigenvalue weighted by atomic mass is 9.91. The molecule has 0 radical (unpaired) electrons. The number of hydrogen-bond donors (Lipinski definition) is 3. The van der Waals surface area contributed by atoms with Crippen molar-refractivity contribution in [1.82, 2.24) is 35.5 Å². The molecule has 0 bridgehead atoms. The zero-order valence-corrected chi connectivity index (χ0v) is 23.1. The van der Waals surface area contributed by atoms with E-state index in [1.165, 1.54) is 6.07 Å². The molecule has 0 atom stereocenters. The second kappa shape index (κ2) is 10.7. The van der Waals surface area contributed by atoms with Gasteiger partial charge in [0.25, 0.3) is 0 Å². The zero-order chi connectivity index (χ0) is 28.4.